The smallest absolute Gasteiger partial charge is 0.342 e. The third kappa shape index (κ3) is 4.51. The van der Waals surface area contributed by atoms with Gasteiger partial charge in [-0.2, -0.15) is 0 Å². The van der Waals surface area contributed by atoms with Crippen LogP contribution in [0.3, 0.4) is 0 Å². The van der Waals surface area contributed by atoms with Crippen LogP contribution in [-0.4, -0.2) is 40.2 Å². The zero-order valence-corrected chi connectivity index (χ0v) is 10.6. The minimum atomic E-state index is -1.37. The summed E-state index contributed by atoms with van der Waals surface area (Å²) in [6.07, 6.45) is 1.02. The minimum Gasteiger partial charge on any atom is -0.477 e. The highest BCUT2D eigenvalue weighted by molar-refractivity contribution is 5.93. The average molecular weight is 269 g/mol. The van der Waals surface area contributed by atoms with Gasteiger partial charge in [0, 0.05) is 12.6 Å². The second kappa shape index (κ2) is 6.64. The molecule has 0 spiro atoms. The van der Waals surface area contributed by atoms with E-state index < -0.39 is 22.1 Å². The lowest BCUT2D eigenvalue weighted by molar-refractivity contribution is -0.385. The topological polar surface area (TPSA) is 115 Å². The number of aromatic nitrogens is 1. The van der Waals surface area contributed by atoms with E-state index in [9.17, 15) is 14.9 Å². The van der Waals surface area contributed by atoms with E-state index >= 15 is 0 Å². The van der Waals surface area contributed by atoms with Crippen molar-refractivity contribution in [2.75, 3.05) is 18.5 Å². The molecular formula is C11H15N3O5. The van der Waals surface area contributed by atoms with Crippen LogP contribution in [0.2, 0.25) is 0 Å². The van der Waals surface area contributed by atoms with Crippen LogP contribution in [0.25, 0.3) is 0 Å². The van der Waals surface area contributed by atoms with E-state index in [0.717, 1.165) is 12.3 Å². The fourth-order valence-electron chi connectivity index (χ4n) is 1.34. The number of rotatable bonds is 7. The third-order valence-corrected chi connectivity index (χ3v) is 2.17. The fraction of sp³-hybridized carbons (Fsp3) is 0.455. The molecule has 0 atom stereocenters. The molecule has 0 fully saturated rings. The Kier molecular flexibility index (Phi) is 5.19. The van der Waals surface area contributed by atoms with Gasteiger partial charge in [-0.05, 0) is 13.8 Å². The summed E-state index contributed by atoms with van der Waals surface area (Å²) < 4.78 is 5.29. The molecule has 0 bridgehead atoms. The standard InChI is InChI=1S/C11H15N3O5/c1-7(2)19-4-3-12-10-5-8(11(15)16)9(6-13-10)14(17)18/h5-7H,3-4H2,1-2H3,(H,12,13)(H,15,16). The van der Waals surface area contributed by atoms with Gasteiger partial charge in [0.15, 0.2) is 0 Å². The van der Waals surface area contributed by atoms with Crippen LogP contribution in [0.4, 0.5) is 11.5 Å². The molecule has 1 aromatic rings. The van der Waals surface area contributed by atoms with Crippen molar-refractivity contribution in [2.45, 2.75) is 20.0 Å². The van der Waals surface area contributed by atoms with E-state index in [-0.39, 0.29) is 11.9 Å². The third-order valence-electron chi connectivity index (χ3n) is 2.17. The molecule has 1 rings (SSSR count). The first kappa shape index (κ1) is 14.8. The predicted octanol–water partition coefficient (Wildman–Crippen LogP) is 1.52. The van der Waals surface area contributed by atoms with Crippen molar-refractivity contribution >= 4 is 17.5 Å². The number of nitrogens with one attached hydrogen (secondary N) is 1. The van der Waals surface area contributed by atoms with Gasteiger partial charge in [-0.15, -0.1) is 0 Å². The lowest BCUT2D eigenvalue weighted by atomic mass is 10.2. The van der Waals surface area contributed by atoms with Crippen molar-refractivity contribution in [3.8, 4) is 0 Å². The van der Waals surface area contributed by atoms with Crippen LogP contribution in [-0.2, 0) is 4.74 Å². The van der Waals surface area contributed by atoms with Crippen LogP contribution in [0.15, 0.2) is 12.3 Å². The summed E-state index contributed by atoms with van der Waals surface area (Å²) >= 11 is 0. The second-order valence-corrected chi connectivity index (χ2v) is 4.00. The van der Waals surface area contributed by atoms with Gasteiger partial charge in [-0.25, -0.2) is 9.78 Å². The Balaban J connectivity index is 2.73. The Bertz CT molecular complexity index is 475. The predicted molar refractivity (Wildman–Crippen MR) is 67.4 cm³/mol. The number of carboxylic acid groups (broad SMARTS) is 1. The zero-order chi connectivity index (χ0) is 14.4. The summed E-state index contributed by atoms with van der Waals surface area (Å²) in [5.41, 5.74) is -0.927. The number of nitro groups is 1. The molecule has 1 heterocycles. The normalized spacial score (nSPS) is 10.5. The van der Waals surface area contributed by atoms with E-state index in [2.05, 4.69) is 10.3 Å². The van der Waals surface area contributed by atoms with Gasteiger partial charge in [-0.1, -0.05) is 0 Å². The van der Waals surface area contributed by atoms with E-state index in [1.165, 1.54) is 0 Å². The number of carboxylic acids is 1. The summed E-state index contributed by atoms with van der Waals surface area (Å²) in [4.78, 5) is 24.6. The average Bonchev–Trinajstić information content (AvgIpc) is 2.33. The number of aromatic carboxylic acids is 1. The van der Waals surface area contributed by atoms with Crippen molar-refractivity contribution in [3.05, 3.63) is 27.9 Å². The molecule has 8 nitrogen and oxygen atoms in total. The molecule has 0 aliphatic rings. The van der Waals surface area contributed by atoms with Gasteiger partial charge >= 0.3 is 11.7 Å². The first-order valence-corrected chi connectivity index (χ1v) is 5.65. The molecule has 0 amide bonds. The number of nitrogens with zero attached hydrogens (tertiary/aromatic N) is 2. The highest BCUT2D eigenvalue weighted by atomic mass is 16.6. The van der Waals surface area contributed by atoms with Crippen molar-refractivity contribution in [1.82, 2.24) is 4.98 Å². The lowest BCUT2D eigenvalue weighted by Gasteiger charge is -2.09. The van der Waals surface area contributed by atoms with Crippen molar-refractivity contribution in [1.29, 1.82) is 0 Å². The second-order valence-electron chi connectivity index (χ2n) is 4.00. The molecule has 19 heavy (non-hydrogen) atoms. The van der Waals surface area contributed by atoms with Crippen LogP contribution in [0.5, 0.6) is 0 Å². The largest absolute Gasteiger partial charge is 0.477 e. The number of pyridine rings is 1. The van der Waals surface area contributed by atoms with Crippen molar-refractivity contribution < 1.29 is 19.6 Å². The number of hydrogen-bond donors (Lipinski definition) is 2. The summed E-state index contributed by atoms with van der Waals surface area (Å²) in [7, 11) is 0. The maximum absolute atomic E-state index is 10.9. The highest BCUT2D eigenvalue weighted by Crippen LogP contribution is 2.19. The van der Waals surface area contributed by atoms with E-state index in [0.29, 0.717) is 13.2 Å². The maximum atomic E-state index is 10.9. The first-order chi connectivity index (χ1) is 8.91. The Morgan fingerprint density at radius 3 is 2.84 bits per heavy atom. The quantitative estimate of drug-likeness (QED) is 0.438. The SMILES string of the molecule is CC(C)OCCNc1cc(C(=O)O)c([N+](=O)[O-])cn1. The summed E-state index contributed by atoms with van der Waals surface area (Å²) in [6, 6.07) is 1.13. The van der Waals surface area contributed by atoms with E-state index in [1.807, 2.05) is 13.8 Å². The van der Waals surface area contributed by atoms with Crippen LogP contribution >= 0.6 is 0 Å². The number of anilines is 1. The molecule has 0 saturated carbocycles. The minimum absolute atomic E-state index is 0.0983. The van der Waals surface area contributed by atoms with E-state index in [1.54, 1.807) is 0 Å². The Morgan fingerprint density at radius 1 is 1.63 bits per heavy atom. The summed E-state index contributed by atoms with van der Waals surface area (Å²) in [6.45, 7) is 4.65. The Hall–Kier alpha value is -2.22. The molecule has 2 N–H and O–H groups in total. The van der Waals surface area contributed by atoms with Gasteiger partial charge in [0.05, 0.1) is 17.6 Å². The van der Waals surface area contributed by atoms with Gasteiger partial charge in [0.1, 0.15) is 17.6 Å². The van der Waals surface area contributed by atoms with Crippen LogP contribution < -0.4 is 5.32 Å². The zero-order valence-electron chi connectivity index (χ0n) is 10.6. The molecule has 0 unspecified atom stereocenters. The molecule has 0 radical (unpaired) electrons. The van der Waals surface area contributed by atoms with Crippen LogP contribution in [0, 0.1) is 10.1 Å². The lowest BCUT2D eigenvalue weighted by Crippen LogP contribution is -2.14. The molecule has 0 aromatic carbocycles. The van der Waals surface area contributed by atoms with Gasteiger partial charge in [0.25, 0.3) is 0 Å². The van der Waals surface area contributed by atoms with Gasteiger partial charge < -0.3 is 15.2 Å². The van der Waals surface area contributed by atoms with Crippen molar-refractivity contribution in [2.24, 2.45) is 0 Å². The first-order valence-electron chi connectivity index (χ1n) is 5.65. The van der Waals surface area contributed by atoms with E-state index in [4.69, 9.17) is 9.84 Å². The monoisotopic (exact) mass is 269 g/mol. The number of carbonyl (C=O) groups is 1. The Labute approximate surface area is 109 Å². The van der Waals surface area contributed by atoms with Gasteiger partial charge in [-0.3, -0.25) is 10.1 Å². The Morgan fingerprint density at radius 2 is 2.32 bits per heavy atom. The number of ether oxygens (including phenoxy) is 1. The molecular weight excluding hydrogens is 254 g/mol. The van der Waals surface area contributed by atoms with Crippen LogP contribution in [0.1, 0.15) is 24.2 Å². The summed E-state index contributed by atoms with van der Waals surface area (Å²) in [5.74, 6) is -1.11. The van der Waals surface area contributed by atoms with Gasteiger partial charge in [0.2, 0.25) is 0 Å². The summed E-state index contributed by atoms with van der Waals surface area (Å²) in [5, 5.41) is 22.4. The highest BCUT2D eigenvalue weighted by Gasteiger charge is 2.20. The molecule has 8 heteroatoms. The van der Waals surface area contributed by atoms with Crippen molar-refractivity contribution in [3.63, 3.8) is 0 Å². The molecule has 1 aromatic heterocycles. The maximum Gasteiger partial charge on any atom is 0.342 e. The molecule has 0 aliphatic carbocycles. The fourth-order valence-corrected chi connectivity index (χ4v) is 1.34. The molecule has 0 saturated heterocycles. The molecule has 104 valence electrons. The molecule has 0 aliphatic heterocycles. The number of hydrogen-bond acceptors (Lipinski definition) is 6.